The molecule has 2 heterocycles. The Kier molecular flexibility index (Phi) is 28.6. The van der Waals surface area contributed by atoms with Gasteiger partial charge in [0.05, 0.1) is 54.4 Å². The Morgan fingerprint density at radius 3 is 1.90 bits per heavy atom. The first-order valence-electron chi connectivity index (χ1n) is 25.6. The van der Waals surface area contributed by atoms with Gasteiger partial charge in [-0.2, -0.15) is 8.75 Å². The third-order valence-electron chi connectivity index (χ3n) is 11.3. The van der Waals surface area contributed by atoms with E-state index in [-0.39, 0.29) is 72.4 Å². The molecule has 0 unspecified atom stereocenters. The lowest BCUT2D eigenvalue weighted by molar-refractivity contribution is -0.155. The third-order valence-corrected chi connectivity index (χ3v) is 16.5. The zero-order valence-electron chi connectivity index (χ0n) is 46.3. The maximum atomic E-state index is 15.6. The summed E-state index contributed by atoms with van der Waals surface area (Å²) in [6, 6.07) is 9.07. The van der Waals surface area contributed by atoms with Crippen LogP contribution in [-0.2, 0) is 40.9 Å². The molecule has 0 aliphatic rings. The molecule has 2 atom stereocenters. The highest BCUT2D eigenvalue weighted by Crippen LogP contribution is 2.36. The van der Waals surface area contributed by atoms with Crippen LogP contribution >= 0.6 is 46.3 Å². The van der Waals surface area contributed by atoms with E-state index in [0.717, 1.165) is 77.3 Å². The molecule has 3 aromatic carbocycles. The summed E-state index contributed by atoms with van der Waals surface area (Å²) in [4.78, 5) is 33.0. The number of amides is 1. The summed E-state index contributed by atoms with van der Waals surface area (Å²) in [5.41, 5.74) is 4.89. The maximum absolute atomic E-state index is 15.6. The Bertz CT molecular complexity index is 3020. The van der Waals surface area contributed by atoms with E-state index >= 15 is 4.39 Å². The molecular weight excluding hydrogens is 1190 g/mol. The number of nitrogens with one attached hydrogen (secondary N) is 3. The molecular formula is C52H76Cl2F2N10O12S4. The average Bonchev–Trinajstić information content (AvgIpc) is 4.27. The van der Waals surface area contributed by atoms with Crippen LogP contribution in [0.1, 0.15) is 112 Å². The van der Waals surface area contributed by atoms with Crippen LogP contribution in [0.3, 0.4) is 0 Å². The molecule has 30 heteroatoms. The molecule has 82 heavy (non-hydrogen) atoms. The predicted octanol–water partition coefficient (Wildman–Crippen LogP) is 10.1. The van der Waals surface area contributed by atoms with Crippen LogP contribution in [0.2, 0.25) is 10.0 Å². The van der Waals surface area contributed by atoms with Gasteiger partial charge in [0.1, 0.15) is 56.8 Å². The minimum absolute atomic E-state index is 0. The molecule has 7 N–H and O–H groups in total. The number of nitrogens with two attached hydrogens (primary N) is 1. The molecule has 0 fully saturated rings. The van der Waals surface area contributed by atoms with E-state index in [1.807, 2.05) is 0 Å². The van der Waals surface area contributed by atoms with Gasteiger partial charge in [0.2, 0.25) is 10.3 Å². The van der Waals surface area contributed by atoms with Gasteiger partial charge in [-0.25, -0.2) is 44.7 Å². The number of carbonyl (C=O) groups excluding carboxylic acids is 2. The van der Waals surface area contributed by atoms with Crippen molar-refractivity contribution in [3.8, 4) is 11.5 Å². The Labute approximate surface area is 497 Å². The number of hydrogen-bond acceptors (Lipinski definition) is 21. The molecule has 5 aromatic rings. The number of carbonyl (C=O) groups is 2. The number of halogens is 4. The molecule has 0 spiro atoms. The Hall–Kier alpha value is -5.46. The smallest absolute Gasteiger partial charge is 0.410 e. The second kappa shape index (κ2) is 33.1. The Morgan fingerprint density at radius 2 is 1.34 bits per heavy atom. The van der Waals surface area contributed by atoms with Crippen molar-refractivity contribution in [2.45, 2.75) is 147 Å². The second-order valence-electron chi connectivity index (χ2n) is 20.1. The number of hydrogen-bond donors (Lipinski definition) is 6. The summed E-state index contributed by atoms with van der Waals surface area (Å²) in [6.45, 7) is 11.5. The van der Waals surface area contributed by atoms with Crippen LogP contribution in [0, 0.1) is 11.6 Å². The number of aliphatic hydroxyl groups is 2. The fourth-order valence-electron chi connectivity index (χ4n) is 7.36. The summed E-state index contributed by atoms with van der Waals surface area (Å²) in [5.74, 6) is -1.54. The number of methoxy groups -OCH3 is 2. The number of esters is 1. The second-order valence-corrected chi connectivity index (χ2v) is 26.0. The van der Waals surface area contributed by atoms with E-state index in [0.29, 0.717) is 55.1 Å². The van der Waals surface area contributed by atoms with Crippen molar-refractivity contribution in [2.24, 2.45) is 5.73 Å². The Balaban J connectivity index is 0.000000511. The molecule has 22 nitrogen and oxygen atoms in total. The van der Waals surface area contributed by atoms with E-state index in [2.05, 4.69) is 34.1 Å². The minimum Gasteiger partial charge on any atom is -0.497 e. The normalized spacial score (nSPS) is 12.4. The largest absolute Gasteiger partial charge is 0.497 e. The summed E-state index contributed by atoms with van der Waals surface area (Å²) < 4.78 is 115. The van der Waals surface area contributed by atoms with Gasteiger partial charge in [-0.15, -0.1) is 0 Å². The summed E-state index contributed by atoms with van der Waals surface area (Å²) in [5, 5.41) is 26.2. The fourth-order valence-corrected chi connectivity index (χ4v) is 11.9. The molecule has 0 saturated heterocycles. The highest BCUT2D eigenvalue weighted by atomic mass is 35.5. The van der Waals surface area contributed by atoms with Gasteiger partial charge in [-0.1, -0.05) is 49.9 Å². The van der Waals surface area contributed by atoms with E-state index in [1.54, 1.807) is 59.7 Å². The van der Waals surface area contributed by atoms with Crippen LogP contribution in [0.4, 0.5) is 35.2 Å². The van der Waals surface area contributed by atoms with Gasteiger partial charge in [-0.3, -0.25) is 9.52 Å². The average molecular weight is 1270 g/mol. The molecule has 0 aliphatic heterocycles. The first kappa shape index (κ1) is 70.8. The molecule has 458 valence electrons. The molecule has 2 aromatic heterocycles. The van der Waals surface area contributed by atoms with E-state index < -0.39 is 76.9 Å². The van der Waals surface area contributed by atoms with Gasteiger partial charge in [0.25, 0.3) is 20.0 Å². The van der Waals surface area contributed by atoms with E-state index in [4.69, 9.17) is 47.9 Å². The zero-order chi connectivity index (χ0) is 60.1. The molecule has 0 radical (unpaired) electrons. The fraction of sp³-hybridized carbons (Fsp3) is 0.538. The molecule has 0 bridgehead atoms. The SMILES string of the molecule is C.COc1ccc(CN(c2ncns2)S(=O)(=O)c2cc(Cl)c(NCCCCN(C[C@@H](O)CCC(=O)OC(C)(C)C)C(=O)OC(C)(C)C)cc2F)c(OC)c1.NC[C@H](O)CCCCCCNc1cc(F)c(S(=O)(=O)Nc2ncns2)cc1Cl. The summed E-state index contributed by atoms with van der Waals surface area (Å²) >= 11 is 14.3. The van der Waals surface area contributed by atoms with Gasteiger partial charge in [0.15, 0.2) is 0 Å². The highest BCUT2D eigenvalue weighted by Gasteiger charge is 2.33. The lowest BCUT2D eigenvalue weighted by Crippen LogP contribution is -2.41. The van der Waals surface area contributed by atoms with Crippen molar-refractivity contribution in [3.05, 3.63) is 82.4 Å². The minimum atomic E-state index is -4.55. The Morgan fingerprint density at radius 1 is 0.756 bits per heavy atom. The number of anilines is 4. The summed E-state index contributed by atoms with van der Waals surface area (Å²) in [7, 11) is -5.78. The zero-order valence-corrected chi connectivity index (χ0v) is 51.1. The number of aromatic nitrogens is 4. The molecule has 0 aliphatic carbocycles. The van der Waals surface area contributed by atoms with Crippen molar-refractivity contribution in [3.63, 3.8) is 0 Å². The quantitative estimate of drug-likeness (QED) is 0.0184. The summed E-state index contributed by atoms with van der Waals surface area (Å²) in [6.07, 6.45) is 5.66. The van der Waals surface area contributed by atoms with Crippen molar-refractivity contribution in [1.82, 2.24) is 23.6 Å². The number of nitrogens with zero attached hydrogens (tertiary/aromatic N) is 6. The van der Waals surface area contributed by atoms with Crippen molar-refractivity contribution in [2.75, 3.05) is 66.6 Å². The number of ether oxygens (including phenoxy) is 4. The molecule has 1 amide bonds. The third kappa shape index (κ3) is 23.3. The topological polar surface area (TPSA) is 300 Å². The van der Waals surface area contributed by atoms with Crippen molar-refractivity contribution >= 4 is 100 Å². The van der Waals surface area contributed by atoms with Gasteiger partial charge < -0.3 is 50.4 Å². The van der Waals surface area contributed by atoms with E-state index in [1.165, 1.54) is 31.8 Å². The van der Waals surface area contributed by atoms with Crippen molar-refractivity contribution in [1.29, 1.82) is 0 Å². The predicted molar refractivity (Wildman–Crippen MR) is 316 cm³/mol. The monoisotopic (exact) mass is 1270 g/mol. The number of sulfonamides is 2. The highest BCUT2D eigenvalue weighted by molar-refractivity contribution is 7.93. The first-order chi connectivity index (χ1) is 38.1. The van der Waals surface area contributed by atoms with Crippen LogP contribution in [-0.4, -0.2) is 133 Å². The molecule has 0 saturated carbocycles. The number of benzene rings is 3. The van der Waals surface area contributed by atoms with Crippen LogP contribution in [0.5, 0.6) is 11.5 Å². The van der Waals surface area contributed by atoms with Crippen LogP contribution in [0.25, 0.3) is 0 Å². The van der Waals surface area contributed by atoms with Gasteiger partial charge >= 0.3 is 12.1 Å². The first-order valence-corrected chi connectivity index (χ1v) is 30.8. The number of unbranched alkanes of at least 4 members (excludes halogenated alkanes) is 4. The lowest BCUT2D eigenvalue weighted by atomic mass is 10.1. The van der Waals surface area contributed by atoms with Gasteiger partial charge in [-0.05, 0) is 110 Å². The lowest BCUT2D eigenvalue weighted by Gasteiger charge is -2.29. The standard InChI is InChI=1S/C35H49ClFN5O9S2.C16H23ClFN5O3S2.CH4/c1-34(2,3)50-31(44)14-12-24(43)21-41(33(45)51-35(4,5)6)16-10-9-15-38-28-19-27(37)30(18-26(28)36)53(46,47)42(32-39-22-40-52-32)20-23-11-13-25(48-7)17-29(23)49-8;17-12-7-15(28(25,26)23-16-21-10-22-27-16)13(18)8-14(12)20-6-4-2-1-3-5-11(24)9-19;/h11,13,17-19,22,24,38,43H,9-10,12,14-16,20-21H2,1-8H3;7-8,10-11,20,24H,1-6,9,19H2,(H,21,22,23);1H4/t24-;11-;/m01./s1. The number of rotatable bonds is 30. The molecule has 5 rings (SSSR count). The maximum Gasteiger partial charge on any atom is 0.410 e. The van der Waals surface area contributed by atoms with E-state index in [9.17, 15) is 41.0 Å². The number of aliphatic hydroxyl groups excluding tert-OH is 2. The van der Waals surface area contributed by atoms with Gasteiger partial charge in [0, 0.05) is 73.8 Å². The van der Waals surface area contributed by atoms with Crippen LogP contribution < -0.4 is 34.9 Å². The van der Waals surface area contributed by atoms with Crippen LogP contribution in [0.15, 0.2) is 64.9 Å². The van der Waals surface area contributed by atoms with Crippen molar-refractivity contribution < 1.29 is 64.4 Å².